The molecule has 2 aromatic carbocycles. The number of halogens is 2. The van der Waals surface area contributed by atoms with Crippen molar-refractivity contribution in [3.05, 3.63) is 65.7 Å². The second-order valence-electron chi connectivity index (χ2n) is 8.77. The number of rotatable bonds is 8. The van der Waals surface area contributed by atoms with Gasteiger partial charge >= 0.3 is 0 Å². The normalized spacial score (nSPS) is 15.6. The zero-order chi connectivity index (χ0) is 24.7. The summed E-state index contributed by atoms with van der Waals surface area (Å²) in [6, 6.07) is 11.3. The lowest BCUT2D eigenvalue weighted by Gasteiger charge is -2.33. The molecule has 0 aliphatic carbocycles. The first-order valence-electron chi connectivity index (χ1n) is 11.4. The van der Waals surface area contributed by atoms with E-state index in [0.717, 1.165) is 17.8 Å². The number of hydrogen-bond donors (Lipinski definition) is 3. The van der Waals surface area contributed by atoms with Gasteiger partial charge in [-0.2, -0.15) is 0 Å². The molecule has 2 aromatic rings. The third-order valence-electron chi connectivity index (χ3n) is 5.78. The predicted octanol–water partition coefficient (Wildman–Crippen LogP) is 2.94. The highest BCUT2D eigenvalue weighted by atomic mass is 19.1. The molecule has 1 aliphatic heterocycles. The minimum Gasteiger partial charge on any atom is -0.351 e. The van der Waals surface area contributed by atoms with Crippen molar-refractivity contribution in [1.29, 1.82) is 0 Å². The number of nitrogens with one attached hydrogen (secondary N) is 3. The smallest absolute Gasteiger partial charge is 0.257 e. The summed E-state index contributed by atoms with van der Waals surface area (Å²) >= 11 is 0. The third kappa shape index (κ3) is 6.84. The molecular weight excluding hydrogens is 442 g/mol. The first-order valence-corrected chi connectivity index (χ1v) is 11.4. The summed E-state index contributed by atoms with van der Waals surface area (Å²) in [5, 5.41) is 8.25. The van der Waals surface area contributed by atoms with E-state index in [2.05, 4.69) is 16.0 Å². The lowest BCUT2D eigenvalue weighted by atomic mass is 10.00. The van der Waals surface area contributed by atoms with Gasteiger partial charge < -0.3 is 16.0 Å². The second-order valence-corrected chi connectivity index (χ2v) is 8.77. The van der Waals surface area contributed by atoms with E-state index in [9.17, 15) is 23.2 Å². The van der Waals surface area contributed by atoms with E-state index >= 15 is 0 Å². The Kier molecular flexibility index (Phi) is 8.70. The average molecular weight is 473 g/mol. The fourth-order valence-corrected chi connectivity index (χ4v) is 3.91. The van der Waals surface area contributed by atoms with E-state index in [1.807, 2.05) is 35.2 Å². The van der Waals surface area contributed by atoms with Crippen molar-refractivity contribution < 1.29 is 23.2 Å². The van der Waals surface area contributed by atoms with Gasteiger partial charge in [0.05, 0.1) is 6.54 Å². The molecule has 0 unspecified atom stereocenters. The molecule has 1 heterocycles. The van der Waals surface area contributed by atoms with Gasteiger partial charge in [0.2, 0.25) is 11.8 Å². The summed E-state index contributed by atoms with van der Waals surface area (Å²) in [5.74, 6) is -3.73. The van der Waals surface area contributed by atoms with Gasteiger partial charge in [-0.3, -0.25) is 19.3 Å². The van der Waals surface area contributed by atoms with Crippen molar-refractivity contribution in [2.75, 3.05) is 25.0 Å². The minimum atomic E-state index is -0.982. The van der Waals surface area contributed by atoms with Crippen molar-refractivity contribution in [3.8, 4) is 0 Å². The molecule has 34 heavy (non-hydrogen) atoms. The summed E-state index contributed by atoms with van der Waals surface area (Å²) in [6.45, 7) is 5.01. The van der Waals surface area contributed by atoms with Crippen LogP contribution in [-0.2, 0) is 9.59 Å². The molecule has 0 aromatic heterocycles. The average Bonchev–Trinajstić information content (AvgIpc) is 2.79. The molecule has 3 rings (SSSR count). The molecule has 1 fully saturated rings. The summed E-state index contributed by atoms with van der Waals surface area (Å²) in [6.07, 6.45) is 1.29. The summed E-state index contributed by atoms with van der Waals surface area (Å²) in [4.78, 5) is 39.6. The van der Waals surface area contributed by atoms with Crippen LogP contribution in [0.15, 0.2) is 48.5 Å². The summed E-state index contributed by atoms with van der Waals surface area (Å²) in [5.41, 5.74) is 0.0368. The number of amides is 3. The van der Waals surface area contributed by atoms with E-state index in [1.54, 1.807) is 13.8 Å². The van der Waals surface area contributed by atoms with Crippen LogP contribution >= 0.6 is 0 Å². The molecule has 0 saturated carbocycles. The van der Waals surface area contributed by atoms with Crippen LogP contribution in [0.2, 0.25) is 0 Å². The molecule has 0 bridgehead atoms. The Labute approximate surface area is 197 Å². The van der Waals surface area contributed by atoms with Gasteiger partial charge in [0, 0.05) is 24.8 Å². The number of carbonyl (C=O) groups is 3. The summed E-state index contributed by atoms with van der Waals surface area (Å²) < 4.78 is 27.9. The Bertz CT molecular complexity index is 988. The molecule has 1 aliphatic rings. The number of piperidine rings is 1. The fourth-order valence-electron chi connectivity index (χ4n) is 3.91. The SMILES string of the molecule is CC(C)[C@H](NC(=O)c1c(F)cccc1F)C(=O)NC1CCN(CC(=O)Nc2ccccc2)CC1. The number of carbonyl (C=O) groups excluding carboxylic acids is 3. The van der Waals surface area contributed by atoms with E-state index in [4.69, 9.17) is 0 Å². The van der Waals surface area contributed by atoms with Crippen LogP contribution in [0.4, 0.5) is 14.5 Å². The van der Waals surface area contributed by atoms with Crippen LogP contribution in [0.25, 0.3) is 0 Å². The second kappa shape index (κ2) is 11.7. The monoisotopic (exact) mass is 472 g/mol. The lowest BCUT2D eigenvalue weighted by Crippen LogP contribution is -2.54. The topological polar surface area (TPSA) is 90.5 Å². The summed E-state index contributed by atoms with van der Waals surface area (Å²) in [7, 11) is 0. The van der Waals surface area contributed by atoms with Crippen molar-refractivity contribution in [3.63, 3.8) is 0 Å². The molecule has 0 radical (unpaired) electrons. The Morgan fingerprint density at radius 2 is 1.59 bits per heavy atom. The standard InChI is InChI=1S/C25H30F2N4O3/c1-16(2)23(30-24(33)22-19(26)9-6-10-20(22)27)25(34)29-18-11-13-31(14-12-18)15-21(32)28-17-7-4-3-5-8-17/h3-10,16,18,23H,11-15H2,1-2H3,(H,28,32)(H,29,34)(H,30,33)/t23-/m0/s1. The molecular formula is C25H30F2N4O3. The molecule has 1 atom stereocenters. The van der Waals surface area contributed by atoms with E-state index < -0.39 is 35.1 Å². The highest BCUT2D eigenvalue weighted by Crippen LogP contribution is 2.15. The highest BCUT2D eigenvalue weighted by Gasteiger charge is 2.30. The number of benzene rings is 2. The van der Waals surface area contributed by atoms with Gasteiger partial charge in [0.25, 0.3) is 5.91 Å². The number of likely N-dealkylation sites (tertiary alicyclic amines) is 1. The predicted molar refractivity (Wildman–Crippen MR) is 125 cm³/mol. The van der Waals surface area contributed by atoms with Crippen LogP contribution in [0, 0.1) is 17.6 Å². The first kappa shape index (κ1) is 25.3. The maximum absolute atomic E-state index is 13.9. The van der Waals surface area contributed by atoms with E-state index in [0.29, 0.717) is 25.9 Å². The fraction of sp³-hybridized carbons (Fsp3) is 0.400. The first-order chi connectivity index (χ1) is 16.2. The van der Waals surface area contributed by atoms with Gasteiger partial charge in [-0.25, -0.2) is 8.78 Å². The van der Waals surface area contributed by atoms with Crippen molar-refractivity contribution in [1.82, 2.24) is 15.5 Å². The molecule has 0 spiro atoms. The van der Waals surface area contributed by atoms with Gasteiger partial charge in [-0.1, -0.05) is 38.1 Å². The Balaban J connectivity index is 1.49. The molecule has 9 heteroatoms. The van der Waals surface area contributed by atoms with Gasteiger partial charge in [0.1, 0.15) is 23.2 Å². The van der Waals surface area contributed by atoms with Crippen molar-refractivity contribution in [2.45, 2.75) is 38.8 Å². The maximum Gasteiger partial charge on any atom is 0.257 e. The van der Waals surface area contributed by atoms with Crippen LogP contribution in [-0.4, -0.2) is 54.3 Å². The number of nitrogens with zero attached hydrogens (tertiary/aromatic N) is 1. The van der Waals surface area contributed by atoms with Crippen molar-refractivity contribution >= 4 is 23.4 Å². The molecule has 182 valence electrons. The van der Waals surface area contributed by atoms with Gasteiger partial charge in [-0.15, -0.1) is 0 Å². The lowest BCUT2D eigenvalue weighted by molar-refractivity contribution is -0.125. The third-order valence-corrected chi connectivity index (χ3v) is 5.78. The van der Waals surface area contributed by atoms with E-state index in [1.165, 1.54) is 6.07 Å². The molecule has 1 saturated heterocycles. The van der Waals surface area contributed by atoms with Crippen LogP contribution in [0.1, 0.15) is 37.0 Å². The Morgan fingerprint density at radius 1 is 0.971 bits per heavy atom. The highest BCUT2D eigenvalue weighted by molar-refractivity contribution is 5.98. The quantitative estimate of drug-likeness (QED) is 0.551. The Morgan fingerprint density at radius 3 is 2.18 bits per heavy atom. The molecule has 3 amide bonds. The van der Waals surface area contributed by atoms with Crippen LogP contribution in [0.5, 0.6) is 0 Å². The largest absolute Gasteiger partial charge is 0.351 e. The number of anilines is 1. The van der Waals surface area contributed by atoms with Crippen LogP contribution in [0.3, 0.4) is 0 Å². The number of hydrogen-bond acceptors (Lipinski definition) is 4. The Hall–Kier alpha value is -3.33. The zero-order valence-electron chi connectivity index (χ0n) is 19.3. The minimum absolute atomic E-state index is 0.100. The van der Waals surface area contributed by atoms with Crippen LogP contribution < -0.4 is 16.0 Å². The maximum atomic E-state index is 13.9. The zero-order valence-corrected chi connectivity index (χ0v) is 19.3. The van der Waals surface area contributed by atoms with E-state index in [-0.39, 0.29) is 24.4 Å². The number of para-hydroxylation sites is 1. The van der Waals surface area contributed by atoms with Gasteiger partial charge in [-0.05, 0) is 43.0 Å². The molecule has 7 nitrogen and oxygen atoms in total. The molecule has 3 N–H and O–H groups in total. The van der Waals surface area contributed by atoms with Crippen molar-refractivity contribution in [2.24, 2.45) is 5.92 Å². The van der Waals surface area contributed by atoms with Gasteiger partial charge in [0.15, 0.2) is 0 Å².